The molecule has 0 bridgehead atoms. The van der Waals surface area contributed by atoms with Crippen molar-refractivity contribution in [2.24, 2.45) is 4.99 Å². The van der Waals surface area contributed by atoms with Crippen molar-refractivity contribution in [3.8, 4) is 0 Å². The van der Waals surface area contributed by atoms with Crippen molar-refractivity contribution in [2.75, 3.05) is 31.1 Å². The quantitative estimate of drug-likeness (QED) is 0.502. The average molecular weight is 386 g/mol. The molecule has 2 aromatic rings. The van der Waals surface area contributed by atoms with E-state index >= 15 is 0 Å². The van der Waals surface area contributed by atoms with Gasteiger partial charge in [-0.15, -0.1) is 0 Å². The van der Waals surface area contributed by atoms with E-state index in [-0.39, 0.29) is 0 Å². The Morgan fingerprint density at radius 1 is 1.29 bits per heavy atom. The molecule has 0 aliphatic carbocycles. The summed E-state index contributed by atoms with van der Waals surface area (Å²) in [5.74, 6) is 2.22. The molecule has 1 unspecified atom stereocenters. The summed E-state index contributed by atoms with van der Waals surface area (Å²) >= 11 is 0. The van der Waals surface area contributed by atoms with Gasteiger partial charge in [0.25, 0.3) is 0 Å². The Morgan fingerprint density at radius 3 is 2.82 bits per heavy atom. The van der Waals surface area contributed by atoms with Crippen LogP contribution in [0.2, 0.25) is 0 Å². The normalized spacial score (nSPS) is 17.2. The van der Waals surface area contributed by atoms with Crippen LogP contribution in [-0.4, -0.2) is 42.2 Å². The number of aromatic nitrogens is 1. The molecule has 0 spiro atoms. The summed E-state index contributed by atoms with van der Waals surface area (Å²) in [5.41, 5.74) is 0.00297. The lowest BCUT2D eigenvalue weighted by Gasteiger charge is -2.27. The van der Waals surface area contributed by atoms with Crippen molar-refractivity contribution in [3.05, 3.63) is 48.0 Å². The van der Waals surface area contributed by atoms with E-state index in [0.29, 0.717) is 24.8 Å². The topological polar surface area (TPSA) is 85.9 Å². The van der Waals surface area contributed by atoms with Gasteiger partial charge in [-0.3, -0.25) is 0 Å². The minimum absolute atomic E-state index is 0.293. The third-order valence-electron chi connectivity index (χ3n) is 4.91. The SMILES string of the molecule is CCNC(=NCc1ccnc(N2CCCCC2)c1)NCC(C)(O)c1ccco1. The lowest BCUT2D eigenvalue weighted by molar-refractivity contribution is 0.0386. The predicted molar refractivity (Wildman–Crippen MR) is 111 cm³/mol. The first-order valence-electron chi connectivity index (χ1n) is 10.1. The lowest BCUT2D eigenvalue weighted by atomic mass is 10.0. The number of guanidine groups is 1. The molecule has 3 N–H and O–H groups in total. The molecule has 2 aromatic heterocycles. The smallest absolute Gasteiger partial charge is 0.191 e. The fourth-order valence-electron chi connectivity index (χ4n) is 3.29. The van der Waals surface area contributed by atoms with Gasteiger partial charge in [0.05, 0.1) is 19.4 Å². The number of piperidine rings is 1. The summed E-state index contributed by atoms with van der Waals surface area (Å²) in [6, 6.07) is 7.66. The fourth-order valence-corrected chi connectivity index (χ4v) is 3.29. The van der Waals surface area contributed by atoms with Crippen molar-refractivity contribution < 1.29 is 9.52 Å². The molecular weight excluding hydrogens is 354 g/mol. The predicted octanol–water partition coefficient (Wildman–Crippen LogP) is 2.63. The molecule has 28 heavy (non-hydrogen) atoms. The third kappa shape index (κ3) is 5.48. The van der Waals surface area contributed by atoms with Crippen molar-refractivity contribution in [1.29, 1.82) is 0 Å². The van der Waals surface area contributed by atoms with Crippen LogP contribution in [0.25, 0.3) is 0 Å². The van der Waals surface area contributed by atoms with Crippen LogP contribution in [0.3, 0.4) is 0 Å². The maximum Gasteiger partial charge on any atom is 0.191 e. The monoisotopic (exact) mass is 385 g/mol. The molecule has 1 fully saturated rings. The number of hydrogen-bond acceptors (Lipinski definition) is 5. The molecule has 3 rings (SSSR count). The Balaban J connectivity index is 1.62. The van der Waals surface area contributed by atoms with E-state index in [9.17, 15) is 5.11 Å². The average Bonchev–Trinajstić information content (AvgIpc) is 3.27. The molecular formula is C21H31N5O2. The molecule has 1 aliphatic rings. The molecule has 7 nitrogen and oxygen atoms in total. The highest BCUT2D eigenvalue weighted by atomic mass is 16.4. The zero-order valence-electron chi connectivity index (χ0n) is 16.8. The van der Waals surface area contributed by atoms with E-state index in [2.05, 4.69) is 31.6 Å². The molecule has 7 heteroatoms. The molecule has 1 saturated heterocycles. The second-order valence-electron chi connectivity index (χ2n) is 7.37. The van der Waals surface area contributed by atoms with Crippen LogP contribution >= 0.6 is 0 Å². The second-order valence-corrected chi connectivity index (χ2v) is 7.37. The number of pyridine rings is 1. The number of anilines is 1. The number of aliphatic hydroxyl groups is 1. The van der Waals surface area contributed by atoms with Crippen LogP contribution in [0.4, 0.5) is 5.82 Å². The highest BCUT2D eigenvalue weighted by Gasteiger charge is 2.26. The maximum atomic E-state index is 10.6. The Morgan fingerprint density at radius 2 is 2.11 bits per heavy atom. The first-order chi connectivity index (χ1) is 13.6. The van der Waals surface area contributed by atoms with Gasteiger partial charge in [-0.2, -0.15) is 0 Å². The van der Waals surface area contributed by atoms with Crippen molar-refractivity contribution in [1.82, 2.24) is 15.6 Å². The third-order valence-corrected chi connectivity index (χ3v) is 4.91. The molecule has 152 valence electrons. The van der Waals surface area contributed by atoms with Crippen LogP contribution in [0.15, 0.2) is 46.1 Å². The molecule has 1 atom stereocenters. The van der Waals surface area contributed by atoms with Gasteiger partial charge < -0.3 is 25.1 Å². The zero-order valence-corrected chi connectivity index (χ0v) is 16.8. The molecule has 0 radical (unpaired) electrons. The van der Waals surface area contributed by atoms with E-state index in [1.54, 1.807) is 25.3 Å². The number of hydrogen-bond donors (Lipinski definition) is 3. The van der Waals surface area contributed by atoms with Gasteiger partial charge in [-0.1, -0.05) is 0 Å². The van der Waals surface area contributed by atoms with Gasteiger partial charge in [0.15, 0.2) is 5.96 Å². The van der Waals surface area contributed by atoms with E-state index in [0.717, 1.165) is 31.0 Å². The largest absolute Gasteiger partial charge is 0.466 e. The Bertz CT molecular complexity index is 752. The van der Waals surface area contributed by atoms with Gasteiger partial charge in [0.1, 0.15) is 17.2 Å². The lowest BCUT2D eigenvalue weighted by Crippen LogP contribution is -2.44. The summed E-state index contributed by atoms with van der Waals surface area (Å²) in [4.78, 5) is 11.5. The maximum absolute atomic E-state index is 10.6. The van der Waals surface area contributed by atoms with Crippen LogP contribution < -0.4 is 15.5 Å². The number of aliphatic imine (C=N–C) groups is 1. The molecule has 1 aliphatic heterocycles. The highest BCUT2D eigenvalue weighted by molar-refractivity contribution is 5.79. The highest BCUT2D eigenvalue weighted by Crippen LogP contribution is 2.20. The minimum atomic E-state index is -1.11. The number of nitrogens with one attached hydrogen (secondary N) is 2. The minimum Gasteiger partial charge on any atom is -0.466 e. The Labute approximate surface area is 166 Å². The number of rotatable bonds is 7. The van der Waals surface area contributed by atoms with Gasteiger partial charge >= 0.3 is 0 Å². The first-order valence-corrected chi connectivity index (χ1v) is 10.1. The Kier molecular flexibility index (Phi) is 6.92. The first kappa shape index (κ1) is 20.2. The van der Waals surface area contributed by atoms with Crippen LogP contribution in [-0.2, 0) is 12.1 Å². The van der Waals surface area contributed by atoms with Crippen LogP contribution in [0, 0.1) is 0 Å². The molecule has 0 aromatic carbocycles. The standard InChI is InChI=1S/C21H31N5O2/c1-3-22-20(25-16-21(2,27)18-8-7-13-28-18)24-15-17-9-10-23-19(14-17)26-11-5-4-6-12-26/h7-10,13-14,27H,3-6,11-12,15-16H2,1-2H3,(H2,22,24,25). The summed E-state index contributed by atoms with van der Waals surface area (Å²) in [5, 5.41) is 17.0. The van der Waals surface area contributed by atoms with E-state index in [1.807, 2.05) is 19.2 Å². The number of furan rings is 1. The van der Waals surface area contributed by atoms with Crippen molar-refractivity contribution in [2.45, 2.75) is 45.3 Å². The molecule has 3 heterocycles. The van der Waals surface area contributed by atoms with Gasteiger partial charge in [-0.25, -0.2) is 9.98 Å². The Hall–Kier alpha value is -2.54. The summed E-state index contributed by atoms with van der Waals surface area (Å²) < 4.78 is 5.33. The number of nitrogens with zero attached hydrogens (tertiary/aromatic N) is 3. The zero-order chi connectivity index (χ0) is 19.8. The van der Waals surface area contributed by atoms with Crippen molar-refractivity contribution in [3.63, 3.8) is 0 Å². The van der Waals surface area contributed by atoms with Crippen molar-refractivity contribution >= 4 is 11.8 Å². The van der Waals surface area contributed by atoms with E-state index in [1.165, 1.54) is 19.3 Å². The summed E-state index contributed by atoms with van der Waals surface area (Å²) in [6.07, 6.45) is 7.19. The van der Waals surface area contributed by atoms with E-state index < -0.39 is 5.60 Å². The van der Waals surface area contributed by atoms with Gasteiger partial charge in [-0.05, 0) is 62.9 Å². The molecule has 0 amide bonds. The van der Waals surface area contributed by atoms with E-state index in [4.69, 9.17) is 4.42 Å². The molecule has 0 saturated carbocycles. The van der Waals surface area contributed by atoms with Crippen LogP contribution in [0.1, 0.15) is 44.4 Å². The summed E-state index contributed by atoms with van der Waals surface area (Å²) in [6.45, 7) is 7.46. The van der Waals surface area contributed by atoms with Gasteiger partial charge in [0, 0.05) is 25.8 Å². The summed E-state index contributed by atoms with van der Waals surface area (Å²) in [7, 11) is 0. The van der Waals surface area contributed by atoms with Gasteiger partial charge in [0.2, 0.25) is 0 Å². The second kappa shape index (κ2) is 9.59. The van der Waals surface area contributed by atoms with Crippen LogP contribution in [0.5, 0.6) is 0 Å². The fraction of sp³-hybridized carbons (Fsp3) is 0.524.